The molecule has 0 saturated carbocycles. The van der Waals surface area contributed by atoms with Gasteiger partial charge in [0.05, 0.1) is 10.3 Å². The Morgan fingerprint density at radius 2 is 2.00 bits per heavy atom. The third-order valence-electron chi connectivity index (χ3n) is 2.20. The number of hydrazine groups is 1. The average Bonchev–Trinajstić information content (AvgIpc) is 2.81. The molecule has 7 nitrogen and oxygen atoms in total. The maximum atomic E-state index is 5.35. The van der Waals surface area contributed by atoms with Gasteiger partial charge in [-0.2, -0.15) is 15.0 Å². The molecular weight excluding hydrogens is 330 g/mol. The zero-order valence-electron chi connectivity index (χ0n) is 10.5. The molecule has 0 amide bonds. The SMILES string of the molecule is CN(C)c1nc(NN)nc(NCc2ccc(Br)s2)n1. The van der Waals surface area contributed by atoms with Crippen LogP contribution in [0.3, 0.4) is 0 Å². The molecule has 2 heterocycles. The molecular formula is C10H14BrN7S. The third kappa shape index (κ3) is 3.75. The Morgan fingerprint density at radius 3 is 2.58 bits per heavy atom. The summed E-state index contributed by atoms with van der Waals surface area (Å²) in [6.07, 6.45) is 0. The van der Waals surface area contributed by atoms with Gasteiger partial charge in [-0.05, 0) is 28.1 Å². The Labute approximate surface area is 123 Å². The van der Waals surface area contributed by atoms with Crippen molar-refractivity contribution < 1.29 is 0 Å². The Balaban J connectivity index is 2.12. The van der Waals surface area contributed by atoms with Crippen LogP contribution in [0.15, 0.2) is 15.9 Å². The first-order valence-corrected chi connectivity index (χ1v) is 7.07. The molecule has 102 valence electrons. The van der Waals surface area contributed by atoms with E-state index >= 15 is 0 Å². The van der Waals surface area contributed by atoms with E-state index in [-0.39, 0.29) is 0 Å². The number of nitrogens with one attached hydrogen (secondary N) is 2. The summed E-state index contributed by atoms with van der Waals surface area (Å²) in [6.45, 7) is 0.650. The van der Waals surface area contributed by atoms with Gasteiger partial charge in [0.15, 0.2) is 0 Å². The van der Waals surface area contributed by atoms with E-state index in [9.17, 15) is 0 Å². The molecule has 0 spiro atoms. The molecule has 19 heavy (non-hydrogen) atoms. The minimum absolute atomic E-state index is 0.327. The van der Waals surface area contributed by atoms with Gasteiger partial charge in [0.2, 0.25) is 17.8 Å². The van der Waals surface area contributed by atoms with E-state index in [0.717, 1.165) is 3.79 Å². The second kappa shape index (κ2) is 6.13. The molecule has 0 radical (unpaired) electrons. The van der Waals surface area contributed by atoms with Gasteiger partial charge in [-0.1, -0.05) is 0 Å². The molecule has 0 saturated heterocycles. The van der Waals surface area contributed by atoms with Gasteiger partial charge in [0, 0.05) is 19.0 Å². The topological polar surface area (TPSA) is 92.0 Å². The number of thiophene rings is 1. The van der Waals surface area contributed by atoms with E-state index in [0.29, 0.717) is 24.4 Å². The highest BCUT2D eigenvalue weighted by Crippen LogP contribution is 2.22. The molecule has 9 heteroatoms. The van der Waals surface area contributed by atoms with Crippen LogP contribution in [0.25, 0.3) is 0 Å². The van der Waals surface area contributed by atoms with Crippen LogP contribution in [0, 0.1) is 0 Å². The van der Waals surface area contributed by atoms with Crippen LogP contribution in [0.5, 0.6) is 0 Å². The van der Waals surface area contributed by atoms with Gasteiger partial charge in [0.1, 0.15) is 0 Å². The van der Waals surface area contributed by atoms with E-state index in [4.69, 9.17) is 5.84 Å². The fourth-order valence-electron chi connectivity index (χ4n) is 1.32. The van der Waals surface area contributed by atoms with Crippen LogP contribution in [0.4, 0.5) is 17.8 Å². The van der Waals surface area contributed by atoms with E-state index < -0.39 is 0 Å². The predicted molar refractivity (Wildman–Crippen MR) is 81.3 cm³/mol. The second-order valence-electron chi connectivity index (χ2n) is 3.88. The van der Waals surface area contributed by atoms with Crippen molar-refractivity contribution in [3.63, 3.8) is 0 Å². The maximum absolute atomic E-state index is 5.35. The summed E-state index contributed by atoms with van der Waals surface area (Å²) in [5.74, 6) is 6.69. The van der Waals surface area contributed by atoms with Gasteiger partial charge in [-0.25, -0.2) is 5.84 Å². The minimum Gasteiger partial charge on any atom is -0.349 e. The van der Waals surface area contributed by atoms with Crippen molar-refractivity contribution in [2.75, 3.05) is 29.7 Å². The molecule has 0 aliphatic heterocycles. The van der Waals surface area contributed by atoms with Crippen LogP contribution in [-0.4, -0.2) is 29.0 Å². The number of hydrogen-bond donors (Lipinski definition) is 3. The molecule has 2 aromatic heterocycles. The first-order chi connectivity index (χ1) is 9.08. The van der Waals surface area contributed by atoms with E-state index in [1.165, 1.54) is 4.88 Å². The Hall–Kier alpha value is -1.45. The van der Waals surface area contributed by atoms with Crippen LogP contribution >= 0.6 is 27.3 Å². The summed E-state index contributed by atoms with van der Waals surface area (Å²) in [7, 11) is 3.71. The fraction of sp³-hybridized carbons (Fsp3) is 0.300. The van der Waals surface area contributed by atoms with Crippen molar-refractivity contribution in [1.29, 1.82) is 0 Å². The summed E-state index contributed by atoms with van der Waals surface area (Å²) in [4.78, 5) is 15.5. The summed E-state index contributed by atoms with van der Waals surface area (Å²) in [5, 5.41) is 3.15. The number of hydrogen-bond acceptors (Lipinski definition) is 8. The van der Waals surface area contributed by atoms with Crippen molar-refractivity contribution in [3.05, 3.63) is 20.8 Å². The summed E-state index contributed by atoms with van der Waals surface area (Å²) in [5.41, 5.74) is 2.43. The molecule has 0 fully saturated rings. The van der Waals surface area contributed by atoms with E-state index in [2.05, 4.69) is 41.6 Å². The zero-order valence-corrected chi connectivity index (χ0v) is 12.9. The van der Waals surface area contributed by atoms with Gasteiger partial charge in [-0.15, -0.1) is 11.3 Å². The van der Waals surface area contributed by atoms with Crippen molar-refractivity contribution >= 4 is 45.1 Å². The van der Waals surface area contributed by atoms with Crippen LogP contribution in [-0.2, 0) is 6.54 Å². The number of rotatable bonds is 5. The molecule has 2 rings (SSSR count). The molecule has 0 aliphatic carbocycles. The van der Waals surface area contributed by atoms with Crippen LogP contribution < -0.4 is 21.5 Å². The highest BCUT2D eigenvalue weighted by atomic mass is 79.9. The van der Waals surface area contributed by atoms with Gasteiger partial charge < -0.3 is 10.2 Å². The molecule has 0 aliphatic rings. The molecule has 4 N–H and O–H groups in total. The van der Waals surface area contributed by atoms with Gasteiger partial charge in [-0.3, -0.25) is 5.43 Å². The number of anilines is 3. The van der Waals surface area contributed by atoms with Crippen molar-refractivity contribution in [2.45, 2.75) is 6.54 Å². The van der Waals surface area contributed by atoms with Crippen LogP contribution in [0.2, 0.25) is 0 Å². The second-order valence-corrected chi connectivity index (χ2v) is 6.43. The number of aromatic nitrogens is 3. The van der Waals surface area contributed by atoms with Crippen molar-refractivity contribution in [2.24, 2.45) is 5.84 Å². The molecule has 0 aromatic carbocycles. The Kier molecular flexibility index (Phi) is 4.51. The molecule has 0 atom stereocenters. The number of halogens is 1. The average molecular weight is 344 g/mol. The largest absolute Gasteiger partial charge is 0.349 e. The van der Waals surface area contributed by atoms with Gasteiger partial charge >= 0.3 is 0 Å². The van der Waals surface area contributed by atoms with Crippen molar-refractivity contribution in [3.8, 4) is 0 Å². The highest BCUT2D eigenvalue weighted by molar-refractivity contribution is 9.11. The maximum Gasteiger partial charge on any atom is 0.243 e. The monoisotopic (exact) mass is 343 g/mol. The number of nitrogens with zero attached hydrogens (tertiary/aromatic N) is 4. The standard InChI is InChI=1S/C10H14BrN7S/c1-18(2)10-15-8(14-9(16-10)17-12)13-5-6-3-4-7(11)19-6/h3-4H,5,12H2,1-2H3,(H2,13,14,15,16,17). The summed E-state index contributed by atoms with van der Waals surface area (Å²) < 4.78 is 1.10. The lowest BCUT2D eigenvalue weighted by molar-refractivity contribution is 0.941. The smallest absolute Gasteiger partial charge is 0.243 e. The predicted octanol–water partition coefficient (Wildman–Crippen LogP) is 1.66. The molecule has 0 unspecified atom stereocenters. The van der Waals surface area contributed by atoms with E-state index in [1.807, 2.05) is 26.2 Å². The van der Waals surface area contributed by atoms with E-state index in [1.54, 1.807) is 16.2 Å². The fourth-order valence-corrected chi connectivity index (χ4v) is 2.74. The molecule has 2 aromatic rings. The molecule has 0 bridgehead atoms. The lowest BCUT2D eigenvalue weighted by atomic mass is 10.5. The quantitative estimate of drug-likeness (QED) is 0.561. The minimum atomic E-state index is 0.327. The van der Waals surface area contributed by atoms with Crippen molar-refractivity contribution in [1.82, 2.24) is 15.0 Å². The normalized spacial score (nSPS) is 10.3. The Bertz CT molecular complexity index is 557. The lowest BCUT2D eigenvalue weighted by Gasteiger charge is -2.12. The highest BCUT2D eigenvalue weighted by Gasteiger charge is 2.07. The number of nitrogen functional groups attached to an aromatic ring is 1. The lowest BCUT2D eigenvalue weighted by Crippen LogP contribution is -2.18. The summed E-state index contributed by atoms with van der Waals surface area (Å²) in [6, 6.07) is 4.05. The zero-order chi connectivity index (χ0) is 13.8. The summed E-state index contributed by atoms with van der Waals surface area (Å²) >= 11 is 5.09. The third-order valence-corrected chi connectivity index (χ3v) is 3.83. The first kappa shape index (κ1) is 14.0. The number of nitrogens with two attached hydrogens (primary N) is 1. The van der Waals surface area contributed by atoms with Crippen LogP contribution in [0.1, 0.15) is 4.88 Å². The Morgan fingerprint density at radius 1 is 1.26 bits per heavy atom. The first-order valence-electron chi connectivity index (χ1n) is 5.46. The van der Waals surface area contributed by atoms with Gasteiger partial charge in [0.25, 0.3) is 0 Å².